The van der Waals surface area contributed by atoms with Crippen LogP contribution in [0.4, 0.5) is 0 Å². The molecule has 1 aromatic rings. The van der Waals surface area contributed by atoms with Crippen LogP contribution in [0.15, 0.2) is 24.3 Å². The minimum absolute atomic E-state index is 0.449. The number of aryl methyl sites for hydroxylation is 1. The van der Waals surface area contributed by atoms with Gasteiger partial charge in [0, 0.05) is 18.6 Å². The summed E-state index contributed by atoms with van der Waals surface area (Å²) in [4.78, 5) is 2.47. The van der Waals surface area contributed by atoms with Gasteiger partial charge in [0.1, 0.15) is 0 Å². The van der Waals surface area contributed by atoms with Gasteiger partial charge >= 0.3 is 0 Å². The smallest absolute Gasteiger partial charge is 0.0295 e. The maximum atomic E-state index is 3.67. The van der Waals surface area contributed by atoms with Gasteiger partial charge < -0.3 is 10.2 Å². The van der Waals surface area contributed by atoms with Crippen molar-refractivity contribution in [3.05, 3.63) is 35.4 Å². The molecule has 0 saturated carbocycles. The summed E-state index contributed by atoms with van der Waals surface area (Å²) in [6, 6.07) is 9.82. The Kier molecular flexibility index (Phi) is 4.19. The molecule has 0 spiro atoms. The molecule has 1 heterocycles. The molecule has 0 bridgehead atoms. The molecule has 94 valence electrons. The number of nitrogens with one attached hydrogen (secondary N) is 1. The van der Waals surface area contributed by atoms with Crippen molar-refractivity contribution in [2.75, 3.05) is 20.1 Å². The van der Waals surface area contributed by atoms with Gasteiger partial charge in [-0.15, -0.1) is 0 Å². The Labute approximate surface area is 105 Å². The van der Waals surface area contributed by atoms with Crippen molar-refractivity contribution in [2.45, 2.75) is 38.8 Å². The highest BCUT2D eigenvalue weighted by Crippen LogP contribution is 2.18. The van der Waals surface area contributed by atoms with E-state index in [1.807, 2.05) is 0 Å². The van der Waals surface area contributed by atoms with E-state index in [1.54, 1.807) is 0 Å². The Bertz CT molecular complexity index is 362. The van der Waals surface area contributed by atoms with Gasteiger partial charge in [-0.2, -0.15) is 0 Å². The van der Waals surface area contributed by atoms with Crippen molar-refractivity contribution in [3.63, 3.8) is 0 Å². The molecule has 0 amide bonds. The Morgan fingerprint density at radius 1 is 1.41 bits per heavy atom. The zero-order valence-corrected chi connectivity index (χ0v) is 11.2. The van der Waals surface area contributed by atoms with Gasteiger partial charge in [-0.05, 0) is 51.4 Å². The average Bonchev–Trinajstić information content (AvgIpc) is 2.72. The fourth-order valence-corrected chi connectivity index (χ4v) is 2.73. The van der Waals surface area contributed by atoms with Crippen LogP contribution in [-0.2, 0) is 0 Å². The maximum Gasteiger partial charge on any atom is 0.0295 e. The highest BCUT2D eigenvalue weighted by Gasteiger charge is 2.21. The quantitative estimate of drug-likeness (QED) is 0.858. The first kappa shape index (κ1) is 12.6. The predicted octanol–water partition coefficient (Wildman–Crippen LogP) is 2.74. The van der Waals surface area contributed by atoms with Gasteiger partial charge in [-0.25, -0.2) is 0 Å². The second-order valence-corrected chi connectivity index (χ2v) is 5.26. The van der Waals surface area contributed by atoms with Gasteiger partial charge in [0.15, 0.2) is 0 Å². The Hall–Kier alpha value is -0.860. The standard InChI is InChI=1S/C15H24N2/c1-12-7-4-5-9-15(12)13(2)16-11-14-8-6-10-17(14)3/h4-5,7,9,13-14,16H,6,8,10-11H2,1-3H3. The van der Waals surface area contributed by atoms with E-state index >= 15 is 0 Å². The van der Waals surface area contributed by atoms with E-state index in [-0.39, 0.29) is 0 Å². The van der Waals surface area contributed by atoms with Crippen molar-refractivity contribution < 1.29 is 0 Å². The van der Waals surface area contributed by atoms with Crippen LogP contribution in [0.3, 0.4) is 0 Å². The number of nitrogens with zero attached hydrogens (tertiary/aromatic N) is 1. The number of hydrogen-bond acceptors (Lipinski definition) is 2. The van der Waals surface area contributed by atoms with Crippen molar-refractivity contribution in [2.24, 2.45) is 0 Å². The summed E-state index contributed by atoms with van der Waals surface area (Å²) in [6.45, 7) is 6.81. The molecule has 2 nitrogen and oxygen atoms in total. The monoisotopic (exact) mass is 232 g/mol. The fourth-order valence-electron chi connectivity index (χ4n) is 2.73. The van der Waals surface area contributed by atoms with Crippen molar-refractivity contribution in [3.8, 4) is 0 Å². The molecular formula is C15H24N2. The van der Waals surface area contributed by atoms with Gasteiger partial charge in [0.25, 0.3) is 0 Å². The average molecular weight is 232 g/mol. The van der Waals surface area contributed by atoms with Crippen LogP contribution in [0.25, 0.3) is 0 Å². The molecule has 0 radical (unpaired) electrons. The largest absolute Gasteiger partial charge is 0.309 e. The summed E-state index contributed by atoms with van der Waals surface area (Å²) >= 11 is 0. The van der Waals surface area contributed by atoms with Gasteiger partial charge in [-0.1, -0.05) is 24.3 Å². The van der Waals surface area contributed by atoms with Gasteiger partial charge in [-0.3, -0.25) is 0 Å². The van der Waals surface area contributed by atoms with E-state index in [4.69, 9.17) is 0 Å². The first-order valence-corrected chi connectivity index (χ1v) is 6.67. The van der Waals surface area contributed by atoms with E-state index in [0.29, 0.717) is 6.04 Å². The molecular weight excluding hydrogens is 208 g/mol. The van der Waals surface area contributed by atoms with E-state index in [1.165, 1.54) is 30.5 Å². The second-order valence-electron chi connectivity index (χ2n) is 5.26. The molecule has 1 saturated heterocycles. The minimum Gasteiger partial charge on any atom is -0.309 e. The third-order valence-electron chi connectivity index (χ3n) is 3.99. The zero-order valence-electron chi connectivity index (χ0n) is 11.2. The van der Waals surface area contributed by atoms with Crippen molar-refractivity contribution >= 4 is 0 Å². The summed E-state index contributed by atoms with van der Waals surface area (Å²) in [6.07, 6.45) is 2.69. The number of rotatable bonds is 4. The van der Waals surface area contributed by atoms with E-state index < -0.39 is 0 Å². The lowest BCUT2D eigenvalue weighted by Gasteiger charge is -2.23. The lowest BCUT2D eigenvalue weighted by atomic mass is 10.0. The second kappa shape index (κ2) is 5.65. The molecule has 1 aliphatic rings. The molecule has 0 aliphatic carbocycles. The lowest BCUT2D eigenvalue weighted by Crippen LogP contribution is -2.36. The topological polar surface area (TPSA) is 15.3 Å². The van der Waals surface area contributed by atoms with E-state index in [0.717, 1.165) is 12.6 Å². The van der Waals surface area contributed by atoms with Crippen LogP contribution in [0.2, 0.25) is 0 Å². The first-order valence-electron chi connectivity index (χ1n) is 6.67. The molecule has 1 aromatic carbocycles. The SMILES string of the molecule is Cc1ccccc1C(C)NCC1CCCN1C. The summed E-state index contributed by atoms with van der Waals surface area (Å²) < 4.78 is 0. The molecule has 2 atom stereocenters. The first-order chi connectivity index (χ1) is 8.18. The molecule has 1 aliphatic heterocycles. The number of likely N-dealkylation sites (N-methyl/N-ethyl adjacent to an activating group) is 1. The fraction of sp³-hybridized carbons (Fsp3) is 0.600. The summed E-state index contributed by atoms with van der Waals surface area (Å²) in [5.41, 5.74) is 2.81. The predicted molar refractivity (Wildman–Crippen MR) is 73.2 cm³/mol. The maximum absolute atomic E-state index is 3.67. The minimum atomic E-state index is 0.449. The van der Waals surface area contributed by atoms with Gasteiger partial charge in [0.05, 0.1) is 0 Å². The molecule has 2 rings (SSSR count). The third kappa shape index (κ3) is 3.08. The van der Waals surface area contributed by atoms with Crippen molar-refractivity contribution in [1.82, 2.24) is 10.2 Å². The van der Waals surface area contributed by atoms with Gasteiger partial charge in [0.2, 0.25) is 0 Å². The molecule has 1 fully saturated rings. The van der Waals surface area contributed by atoms with Crippen LogP contribution < -0.4 is 5.32 Å². The zero-order chi connectivity index (χ0) is 12.3. The highest BCUT2D eigenvalue weighted by atomic mass is 15.2. The van der Waals surface area contributed by atoms with E-state index in [9.17, 15) is 0 Å². The van der Waals surface area contributed by atoms with Crippen LogP contribution in [-0.4, -0.2) is 31.1 Å². The van der Waals surface area contributed by atoms with E-state index in [2.05, 4.69) is 55.4 Å². The Morgan fingerprint density at radius 2 is 2.18 bits per heavy atom. The highest BCUT2D eigenvalue weighted by molar-refractivity contribution is 5.28. The van der Waals surface area contributed by atoms with Crippen LogP contribution >= 0.6 is 0 Å². The number of likely N-dealkylation sites (tertiary alicyclic amines) is 1. The molecule has 1 N–H and O–H groups in total. The molecule has 2 unspecified atom stereocenters. The summed E-state index contributed by atoms with van der Waals surface area (Å²) in [5, 5.41) is 3.67. The van der Waals surface area contributed by atoms with Crippen LogP contribution in [0.1, 0.15) is 36.9 Å². The Balaban J connectivity index is 1.89. The molecule has 17 heavy (non-hydrogen) atoms. The van der Waals surface area contributed by atoms with Crippen LogP contribution in [0.5, 0.6) is 0 Å². The summed E-state index contributed by atoms with van der Waals surface area (Å²) in [7, 11) is 2.23. The van der Waals surface area contributed by atoms with Crippen molar-refractivity contribution in [1.29, 1.82) is 0 Å². The normalized spacial score (nSPS) is 22.9. The molecule has 0 aromatic heterocycles. The third-order valence-corrected chi connectivity index (χ3v) is 3.99. The van der Waals surface area contributed by atoms with Crippen LogP contribution in [0, 0.1) is 6.92 Å². The molecule has 2 heteroatoms. The number of hydrogen-bond donors (Lipinski definition) is 1. The Morgan fingerprint density at radius 3 is 2.82 bits per heavy atom. The lowest BCUT2D eigenvalue weighted by molar-refractivity contribution is 0.293. The summed E-state index contributed by atoms with van der Waals surface area (Å²) in [5.74, 6) is 0. The number of benzene rings is 1.